The van der Waals surface area contributed by atoms with Crippen molar-refractivity contribution in [3.8, 4) is 0 Å². The van der Waals surface area contributed by atoms with E-state index in [1.165, 1.54) is 0 Å². The Bertz CT molecular complexity index is 707. The van der Waals surface area contributed by atoms with Crippen molar-refractivity contribution in [1.29, 1.82) is 0 Å². The lowest BCUT2D eigenvalue weighted by atomic mass is 9.97. The highest BCUT2D eigenvalue weighted by molar-refractivity contribution is 5.99. The number of piperidine rings is 1. The molecule has 6 heteroatoms. The molecule has 2 atom stereocenters. The molecule has 1 aromatic rings. The number of anilines is 1. The van der Waals surface area contributed by atoms with Crippen molar-refractivity contribution in [2.45, 2.75) is 83.0 Å². The smallest absolute Gasteiger partial charge is 0.407 e. The summed E-state index contributed by atoms with van der Waals surface area (Å²) in [6.07, 6.45) is 7.47. The van der Waals surface area contributed by atoms with Crippen LogP contribution in [0.15, 0.2) is 18.3 Å². The SMILES string of the molecule is CC(C)(C)OC(=O)NC1CC2CCC(C1)N2c1ccc(C(=O)C2CC2)cn1. The number of carbonyl (C=O) groups is 2. The number of hydrogen-bond acceptors (Lipinski definition) is 5. The van der Waals surface area contributed by atoms with Gasteiger partial charge in [0.15, 0.2) is 5.78 Å². The molecule has 0 spiro atoms. The first-order chi connectivity index (χ1) is 12.8. The van der Waals surface area contributed by atoms with Gasteiger partial charge in [0.25, 0.3) is 0 Å². The molecular formula is C21H29N3O3. The first kappa shape index (κ1) is 18.3. The molecule has 1 aliphatic carbocycles. The first-order valence-corrected chi connectivity index (χ1v) is 10.1. The molecule has 2 bridgehead atoms. The standard InChI is InChI=1S/C21H29N3O3/c1-21(2,3)27-20(26)23-15-10-16-7-8-17(11-15)24(16)18-9-6-14(12-22-18)19(25)13-4-5-13/h6,9,12-13,15-17H,4-5,7-8,10-11H2,1-3H3,(H,23,26). The maximum absolute atomic E-state index is 12.2. The largest absolute Gasteiger partial charge is 0.444 e. The fourth-order valence-electron chi connectivity index (χ4n) is 4.41. The normalized spacial score (nSPS) is 27.4. The van der Waals surface area contributed by atoms with Crippen LogP contribution in [0.4, 0.5) is 10.6 Å². The average molecular weight is 371 g/mol. The van der Waals surface area contributed by atoms with E-state index in [0.717, 1.165) is 49.9 Å². The molecule has 4 rings (SSSR count). The predicted octanol–water partition coefficient (Wildman–Crippen LogP) is 3.70. The van der Waals surface area contributed by atoms with Gasteiger partial charge in [0.05, 0.1) is 0 Å². The minimum Gasteiger partial charge on any atom is -0.444 e. The third kappa shape index (κ3) is 4.09. The van der Waals surface area contributed by atoms with E-state index < -0.39 is 5.60 Å². The highest BCUT2D eigenvalue weighted by Crippen LogP contribution is 2.39. The summed E-state index contributed by atoms with van der Waals surface area (Å²) in [5.74, 6) is 1.41. The number of amides is 1. The van der Waals surface area contributed by atoms with Gasteiger partial charge in [-0.15, -0.1) is 0 Å². The topological polar surface area (TPSA) is 71.5 Å². The van der Waals surface area contributed by atoms with Crippen LogP contribution in [0.5, 0.6) is 0 Å². The van der Waals surface area contributed by atoms with E-state index in [4.69, 9.17) is 4.74 Å². The Hall–Kier alpha value is -2.11. The van der Waals surface area contributed by atoms with Crippen molar-refractivity contribution < 1.29 is 14.3 Å². The second kappa shape index (κ2) is 6.80. The third-order valence-electron chi connectivity index (χ3n) is 5.70. The van der Waals surface area contributed by atoms with Crippen LogP contribution in [0.1, 0.15) is 69.7 Å². The molecule has 27 heavy (non-hydrogen) atoms. The summed E-state index contributed by atoms with van der Waals surface area (Å²) in [5, 5.41) is 3.04. The minimum atomic E-state index is -0.479. The van der Waals surface area contributed by atoms with Gasteiger partial charge in [0.2, 0.25) is 0 Å². The van der Waals surface area contributed by atoms with E-state index in [-0.39, 0.29) is 23.8 Å². The van der Waals surface area contributed by atoms with Crippen LogP contribution >= 0.6 is 0 Å². The Morgan fingerprint density at radius 1 is 1.11 bits per heavy atom. The zero-order valence-electron chi connectivity index (χ0n) is 16.4. The molecule has 2 unspecified atom stereocenters. The van der Waals surface area contributed by atoms with E-state index in [9.17, 15) is 9.59 Å². The molecule has 3 aliphatic rings. The molecule has 146 valence electrons. The maximum atomic E-state index is 12.2. The Kier molecular flexibility index (Phi) is 4.60. The van der Waals surface area contributed by atoms with E-state index in [0.29, 0.717) is 12.1 Å². The van der Waals surface area contributed by atoms with Crippen molar-refractivity contribution in [1.82, 2.24) is 10.3 Å². The number of Topliss-reactive ketones (excluding diaryl/α,β-unsaturated/α-hetero) is 1. The summed E-state index contributed by atoms with van der Waals surface area (Å²) in [6.45, 7) is 5.63. The van der Waals surface area contributed by atoms with Gasteiger partial charge in [0, 0.05) is 35.8 Å². The van der Waals surface area contributed by atoms with Gasteiger partial charge in [-0.2, -0.15) is 0 Å². The number of nitrogens with zero attached hydrogens (tertiary/aromatic N) is 2. The fourth-order valence-corrected chi connectivity index (χ4v) is 4.41. The fraction of sp³-hybridized carbons (Fsp3) is 0.667. The zero-order valence-corrected chi connectivity index (χ0v) is 16.4. The molecule has 0 aromatic carbocycles. The average Bonchev–Trinajstić information content (AvgIpc) is 3.39. The molecule has 1 saturated carbocycles. The number of alkyl carbamates (subject to hydrolysis) is 1. The van der Waals surface area contributed by atoms with Crippen molar-refractivity contribution >= 4 is 17.7 Å². The number of nitrogens with one attached hydrogen (secondary N) is 1. The molecular weight excluding hydrogens is 342 g/mol. The number of carbonyl (C=O) groups excluding carboxylic acids is 2. The lowest BCUT2D eigenvalue weighted by Gasteiger charge is -2.40. The molecule has 6 nitrogen and oxygen atoms in total. The number of pyridine rings is 1. The molecule has 3 fully saturated rings. The second-order valence-corrected chi connectivity index (χ2v) is 9.15. The Labute approximate surface area is 160 Å². The summed E-state index contributed by atoms with van der Waals surface area (Å²) >= 11 is 0. The second-order valence-electron chi connectivity index (χ2n) is 9.15. The maximum Gasteiger partial charge on any atom is 0.407 e. The van der Waals surface area contributed by atoms with Crippen LogP contribution in [-0.2, 0) is 4.74 Å². The summed E-state index contributed by atoms with van der Waals surface area (Å²) in [7, 11) is 0. The van der Waals surface area contributed by atoms with E-state index >= 15 is 0 Å². The molecule has 1 amide bonds. The highest BCUT2D eigenvalue weighted by Gasteiger charge is 2.42. The number of fused-ring (bicyclic) bond motifs is 2. The number of ether oxygens (including phenoxy) is 1. The quantitative estimate of drug-likeness (QED) is 0.817. The van der Waals surface area contributed by atoms with Gasteiger partial charge in [-0.1, -0.05) is 0 Å². The van der Waals surface area contributed by atoms with Crippen LogP contribution in [0, 0.1) is 5.92 Å². The number of hydrogen-bond donors (Lipinski definition) is 1. The summed E-state index contributed by atoms with van der Waals surface area (Å²) in [5.41, 5.74) is 0.253. The van der Waals surface area contributed by atoms with Gasteiger partial charge in [0.1, 0.15) is 11.4 Å². The number of rotatable bonds is 4. The molecule has 2 aliphatic heterocycles. The summed E-state index contributed by atoms with van der Waals surface area (Å²) < 4.78 is 5.39. The Morgan fingerprint density at radius 3 is 2.30 bits per heavy atom. The van der Waals surface area contributed by atoms with Crippen LogP contribution in [0.2, 0.25) is 0 Å². The van der Waals surface area contributed by atoms with Gasteiger partial charge in [-0.3, -0.25) is 4.79 Å². The zero-order chi connectivity index (χ0) is 19.2. The van der Waals surface area contributed by atoms with Gasteiger partial charge in [-0.05, 0) is 71.4 Å². The Morgan fingerprint density at radius 2 is 1.78 bits per heavy atom. The lowest BCUT2D eigenvalue weighted by Crippen LogP contribution is -2.51. The molecule has 3 heterocycles. The van der Waals surface area contributed by atoms with Crippen LogP contribution in [0.25, 0.3) is 0 Å². The number of aromatic nitrogens is 1. The summed E-state index contributed by atoms with van der Waals surface area (Å²) in [6, 6.07) is 4.81. The first-order valence-electron chi connectivity index (χ1n) is 10.1. The minimum absolute atomic E-state index is 0.143. The monoisotopic (exact) mass is 371 g/mol. The molecule has 1 aromatic heterocycles. The summed E-state index contributed by atoms with van der Waals surface area (Å²) in [4.78, 5) is 31.2. The molecule has 2 saturated heterocycles. The van der Waals surface area contributed by atoms with Crippen molar-refractivity contribution in [2.24, 2.45) is 5.92 Å². The predicted molar refractivity (Wildman–Crippen MR) is 103 cm³/mol. The molecule has 0 radical (unpaired) electrons. The molecule has 1 N–H and O–H groups in total. The Balaban J connectivity index is 1.39. The van der Waals surface area contributed by atoms with Crippen LogP contribution in [-0.4, -0.2) is 40.6 Å². The van der Waals surface area contributed by atoms with Gasteiger partial charge in [-0.25, -0.2) is 9.78 Å². The van der Waals surface area contributed by atoms with E-state index in [1.54, 1.807) is 6.20 Å². The lowest BCUT2D eigenvalue weighted by molar-refractivity contribution is 0.0492. The van der Waals surface area contributed by atoms with Crippen molar-refractivity contribution in [2.75, 3.05) is 4.90 Å². The van der Waals surface area contributed by atoms with E-state index in [1.807, 2.05) is 32.9 Å². The van der Waals surface area contributed by atoms with Gasteiger partial charge >= 0.3 is 6.09 Å². The van der Waals surface area contributed by atoms with Crippen molar-refractivity contribution in [3.63, 3.8) is 0 Å². The van der Waals surface area contributed by atoms with Gasteiger partial charge < -0.3 is 15.0 Å². The van der Waals surface area contributed by atoms with Crippen LogP contribution < -0.4 is 10.2 Å². The van der Waals surface area contributed by atoms with Crippen LogP contribution in [0.3, 0.4) is 0 Å². The number of ketones is 1. The van der Waals surface area contributed by atoms with E-state index in [2.05, 4.69) is 15.2 Å². The third-order valence-corrected chi connectivity index (χ3v) is 5.70. The van der Waals surface area contributed by atoms with Crippen molar-refractivity contribution in [3.05, 3.63) is 23.9 Å². The highest BCUT2D eigenvalue weighted by atomic mass is 16.6.